The van der Waals surface area contributed by atoms with Gasteiger partial charge in [-0.1, -0.05) is 18.5 Å². The molecule has 0 amide bonds. The van der Waals surface area contributed by atoms with Crippen LogP contribution in [0.4, 0.5) is 5.69 Å². The van der Waals surface area contributed by atoms with Crippen molar-refractivity contribution >= 4 is 39.1 Å². The van der Waals surface area contributed by atoms with Gasteiger partial charge in [0, 0.05) is 24.1 Å². The monoisotopic (exact) mass is 320 g/mol. The number of thioether (sulfide) groups is 1. The predicted octanol–water partition coefficient (Wildman–Crippen LogP) is 2.36. The van der Waals surface area contributed by atoms with E-state index in [4.69, 9.17) is 17.3 Å². The summed E-state index contributed by atoms with van der Waals surface area (Å²) in [6.45, 7) is 4.87. The van der Waals surface area contributed by atoms with Crippen LogP contribution >= 0.6 is 23.4 Å². The molecule has 106 valence electrons. The maximum absolute atomic E-state index is 12.6. The number of nitrogens with two attached hydrogens (primary N) is 1. The van der Waals surface area contributed by atoms with Gasteiger partial charge in [-0.15, -0.1) is 0 Å². The van der Waals surface area contributed by atoms with Crippen molar-refractivity contribution in [2.45, 2.75) is 24.0 Å². The molecule has 0 saturated carbocycles. The van der Waals surface area contributed by atoms with Gasteiger partial charge in [0.25, 0.3) is 0 Å². The number of sulfonamides is 1. The molecule has 0 aliphatic carbocycles. The van der Waals surface area contributed by atoms with E-state index < -0.39 is 10.0 Å². The molecule has 19 heavy (non-hydrogen) atoms. The van der Waals surface area contributed by atoms with Gasteiger partial charge in [-0.2, -0.15) is 16.1 Å². The first-order valence-corrected chi connectivity index (χ1v) is 8.86. The summed E-state index contributed by atoms with van der Waals surface area (Å²) in [6.07, 6.45) is 0. The Bertz CT molecular complexity index is 566. The lowest BCUT2D eigenvalue weighted by Crippen LogP contribution is -2.40. The summed E-state index contributed by atoms with van der Waals surface area (Å²) >= 11 is 7.76. The second kappa shape index (κ2) is 5.52. The highest BCUT2D eigenvalue weighted by Gasteiger charge is 2.29. The zero-order valence-corrected chi connectivity index (χ0v) is 13.3. The van der Waals surface area contributed by atoms with E-state index in [1.165, 1.54) is 10.4 Å². The molecule has 1 heterocycles. The zero-order valence-electron chi connectivity index (χ0n) is 10.9. The van der Waals surface area contributed by atoms with Gasteiger partial charge in [-0.25, -0.2) is 8.42 Å². The summed E-state index contributed by atoms with van der Waals surface area (Å²) in [4.78, 5) is 0.228. The Morgan fingerprint density at radius 2 is 2.16 bits per heavy atom. The van der Waals surface area contributed by atoms with Gasteiger partial charge in [0.05, 0.1) is 15.6 Å². The minimum atomic E-state index is -3.48. The number of nitrogens with zero attached hydrogens (tertiary/aromatic N) is 1. The van der Waals surface area contributed by atoms with Crippen molar-refractivity contribution in [3.05, 3.63) is 22.7 Å². The number of rotatable bonds is 2. The van der Waals surface area contributed by atoms with E-state index in [0.29, 0.717) is 34.6 Å². The SMILES string of the molecule is Cc1cc(S(=O)(=O)N2CCSC(C)C2)cc(N)c1Cl. The van der Waals surface area contributed by atoms with Gasteiger partial charge in [0.15, 0.2) is 0 Å². The highest BCUT2D eigenvalue weighted by Crippen LogP contribution is 2.30. The first kappa shape index (κ1) is 15.0. The summed E-state index contributed by atoms with van der Waals surface area (Å²) in [7, 11) is -3.48. The lowest BCUT2D eigenvalue weighted by Gasteiger charge is -2.29. The molecule has 1 aliphatic rings. The average Bonchev–Trinajstić information content (AvgIpc) is 2.35. The maximum atomic E-state index is 12.6. The van der Waals surface area contributed by atoms with Crippen molar-refractivity contribution in [3.8, 4) is 0 Å². The quantitative estimate of drug-likeness (QED) is 0.850. The molecule has 1 unspecified atom stereocenters. The van der Waals surface area contributed by atoms with Crippen LogP contribution in [0.25, 0.3) is 0 Å². The van der Waals surface area contributed by atoms with Crippen LogP contribution in [0.1, 0.15) is 12.5 Å². The van der Waals surface area contributed by atoms with E-state index in [0.717, 1.165) is 5.75 Å². The van der Waals surface area contributed by atoms with Crippen LogP contribution in [-0.4, -0.2) is 36.8 Å². The van der Waals surface area contributed by atoms with E-state index in [9.17, 15) is 8.42 Å². The first-order chi connectivity index (χ1) is 8.82. The fourth-order valence-electron chi connectivity index (χ4n) is 2.07. The Morgan fingerprint density at radius 1 is 1.47 bits per heavy atom. The second-order valence-corrected chi connectivity index (χ2v) is 8.55. The van der Waals surface area contributed by atoms with Crippen LogP contribution in [0.15, 0.2) is 17.0 Å². The van der Waals surface area contributed by atoms with Crippen LogP contribution in [0, 0.1) is 6.92 Å². The standard InChI is InChI=1S/C12H17ClN2O2S2/c1-8-5-10(6-11(14)12(8)13)19(16,17)15-3-4-18-9(2)7-15/h5-6,9H,3-4,7,14H2,1-2H3. The molecule has 1 aromatic carbocycles. The van der Waals surface area contributed by atoms with E-state index >= 15 is 0 Å². The van der Waals surface area contributed by atoms with Crippen molar-refractivity contribution in [2.24, 2.45) is 0 Å². The van der Waals surface area contributed by atoms with Gasteiger partial charge in [-0.05, 0) is 24.6 Å². The number of halogens is 1. The van der Waals surface area contributed by atoms with Crippen LogP contribution in [0.3, 0.4) is 0 Å². The topological polar surface area (TPSA) is 63.4 Å². The third-order valence-corrected chi connectivity index (χ3v) is 6.59. The fourth-order valence-corrected chi connectivity index (χ4v) is 5.05. The average molecular weight is 321 g/mol. The van der Waals surface area contributed by atoms with Crippen LogP contribution < -0.4 is 5.73 Å². The molecule has 1 atom stereocenters. The molecule has 0 radical (unpaired) electrons. The van der Waals surface area contributed by atoms with Crippen molar-refractivity contribution in [1.29, 1.82) is 0 Å². The van der Waals surface area contributed by atoms with Crippen molar-refractivity contribution < 1.29 is 8.42 Å². The predicted molar refractivity (Wildman–Crippen MR) is 81.3 cm³/mol. The molecule has 1 saturated heterocycles. The molecule has 0 spiro atoms. The van der Waals surface area contributed by atoms with Gasteiger partial charge in [-0.3, -0.25) is 0 Å². The molecule has 7 heteroatoms. The number of hydrogen-bond donors (Lipinski definition) is 1. The molecule has 1 fully saturated rings. The Hall–Kier alpha value is -0.430. The molecule has 2 rings (SSSR count). The van der Waals surface area contributed by atoms with E-state index in [1.54, 1.807) is 24.8 Å². The molecule has 2 N–H and O–H groups in total. The fraction of sp³-hybridized carbons (Fsp3) is 0.500. The highest BCUT2D eigenvalue weighted by molar-refractivity contribution is 8.00. The van der Waals surface area contributed by atoms with Gasteiger partial charge >= 0.3 is 0 Å². The summed E-state index contributed by atoms with van der Waals surface area (Å²) in [5.74, 6) is 0.822. The van der Waals surface area contributed by atoms with E-state index in [2.05, 4.69) is 0 Å². The zero-order chi connectivity index (χ0) is 14.2. The largest absolute Gasteiger partial charge is 0.397 e. The summed E-state index contributed by atoms with van der Waals surface area (Å²) in [5.41, 5.74) is 6.74. The number of benzene rings is 1. The van der Waals surface area contributed by atoms with Crippen LogP contribution in [0.5, 0.6) is 0 Å². The molecule has 0 aromatic heterocycles. The summed E-state index contributed by atoms with van der Waals surface area (Å²) in [6, 6.07) is 3.03. The smallest absolute Gasteiger partial charge is 0.243 e. The Morgan fingerprint density at radius 3 is 2.74 bits per heavy atom. The third-order valence-electron chi connectivity index (χ3n) is 3.10. The lowest BCUT2D eigenvalue weighted by atomic mass is 10.2. The minimum absolute atomic E-state index is 0.228. The van der Waals surface area contributed by atoms with Crippen molar-refractivity contribution in [1.82, 2.24) is 4.31 Å². The van der Waals surface area contributed by atoms with Gasteiger partial charge < -0.3 is 5.73 Å². The van der Waals surface area contributed by atoms with Crippen molar-refractivity contribution in [2.75, 3.05) is 24.6 Å². The Labute approximate surface area is 123 Å². The Kier molecular flexibility index (Phi) is 4.35. The highest BCUT2D eigenvalue weighted by atomic mass is 35.5. The van der Waals surface area contributed by atoms with Crippen molar-refractivity contribution in [3.63, 3.8) is 0 Å². The number of nitrogen functional groups attached to an aromatic ring is 1. The molecule has 4 nitrogen and oxygen atoms in total. The molecule has 1 aliphatic heterocycles. The number of aryl methyl sites for hydroxylation is 1. The van der Waals surface area contributed by atoms with E-state index in [-0.39, 0.29) is 4.90 Å². The normalized spacial score (nSPS) is 21.5. The third kappa shape index (κ3) is 3.02. The van der Waals surface area contributed by atoms with Gasteiger partial charge in [0.1, 0.15) is 0 Å². The minimum Gasteiger partial charge on any atom is -0.397 e. The number of hydrogen-bond acceptors (Lipinski definition) is 4. The first-order valence-electron chi connectivity index (χ1n) is 5.99. The van der Waals surface area contributed by atoms with Crippen LogP contribution in [-0.2, 0) is 10.0 Å². The second-order valence-electron chi connectivity index (χ2n) is 4.69. The lowest BCUT2D eigenvalue weighted by molar-refractivity contribution is 0.424. The summed E-state index contributed by atoms with van der Waals surface area (Å²) < 4.78 is 26.7. The molecule has 1 aromatic rings. The van der Waals surface area contributed by atoms with E-state index in [1.807, 2.05) is 6.92 Å². The summed E-state index contributed by atoms with van der Waals surface area (Å²) in [5, 5.41) is 0.732. The van der Waals surface area contributed by atoms with Gasteiger partial charge in [0.2, 0.25) is 10.0 Å². The number of anilines is 1. The molecular weight excluding hydrogens is 304 g/mol. The maximum Gasteiger partial charge on any atom is 0.243 e. The van der Waals surface area contributed by atoms with Crippen LogP contribution in [0.2, 0.25) is 5.02 Å². The molecule has 0 bridgehead atoms. The Balaban J connectivity index is 2.39. The molecular formula is C12H17ClN2O2S2.